The van der Waals surface area contributed by atoms with Gasteiger partial charge in [-0.1, -0.05) is 12.1 Å². The number of halogens is 4. The van der Waals surface area contributed by atoms with E-state index < -0.39 is 35.4 Å². The van der Waals surface area contributed by atoms with E-state index in [-0.39, 0.29) is 12.2 Å². The Labute approximate surface area is 163 Å². The van der Waals surface area contributed by atoms with Crippen molar-refractivity contribution in [1.29, 1.82) is 0 Å². The highest BCUT2D eigenvalue weighted by atomic mass is 32.2. The van der Waals surface area contributed by atoms with Crippen LogP contribution in [0, 0.1) is 5.82 Å². The van der Waals surface area contributed by atoms with Gasteiger partial charge in [0.05, 0.1) is 17.7 Å². The Hall–Kier alpha value is -2.55. The van der Waals surface area contributed by atoms with Crippen LogP contribution in [0.4, 0.5) is 23.2 Å². The van der Waals surface area contributed by atoms with Gasteiger partial charge in [-0.15, -0.1) is 11.8 Å². The smallest absolute Gasteiger partial charge is 0.418 e. The van der Waals surface area contributed by atoms with Crippen molar-refractivity contribution in [2.75, 3.05) is 11.1 Å². The summed E-state index contributed by atoms with van der Waals surface area (Å²) in [6, 6.07) is 10.3. The number of carbonyl (C=O) groups is 2. The number of rotatable bonds is 7. The Bertz CT molecular complexity index is 825. The van der Waals surface area contributed by atoms with Gasteiger partial charge >= 0.3 is 12.1 Å². The van der Waals surface area contributed by atoms with E-state index in [1.165, 1.54) is 43.0 Å². The molecule has 2 aromatic rings. The van der Waals surface area contributed by atoms with Crippen LogP contribution in [0.15, 0.2) is 53.4 Å². The maximum absolute atomic E-state index is 13.0. The van der Waals surface area contributed by atoms with E-state index in [1.54, 1.807) is 12.1 Å². The van der Waals surface area contributed by atoms with Crippen molar-refractivity contribution in [2.45, 2.75) is 30.5 Å². The zero-order chi connectivity index (χ0) is 20.7. The summed E-state index contributed by atoms with van der Waals surface area (Å²) in [6.45, 7) is 1.27. The summed E-state index contributed by atoms with van der Waals surface area (Å²) < 4.78 is 56.6. The highest BCUT2D eigenvalue weighted by Crippen LogP contribution is 2.34. The number of hydrogen-bond acceptors (Lipinski definition) is 4. The zero-order valence-electron chi connectivity index (χ0n) is 14.8. The molecule has 4 nitrogen and oxygen atoms in total. The van der Waals surface area contributed by atoms with Gasteiger partial charge in [-0.2, -0.15) is 13.2 Å². The molecule has 0 unspecified atom stereocenters. The fraction of sp³-hybridized carbons (Fsp3) is 0.263. The van der Waals surface area contributed by atoms with E-state index in [9.17, 15) is 27.2 Å². The largest absolute Gasteiger partial charge is 0.453 e. The summed E-state index contributed by atoms with van der Waals surface area (Å²) in [5, 5.41) is 2.13. The third-order valence-electron chi connectivity index (χ3n) is 3.56. The molecule has 0 aliphatic heterocycles. The standard InChI is InChI=1S/C19H17F4NO3S/c1-12(18(26)24-16-5-3-2-4-15(16)19(21,22)23)27-17(25)10-11-28-14-8-6-13(20)7-9-14/h2-9,12H,10-11H2,1H3,(H,24,26)/t12-/m0/s1. The molecule has 1 atom stereocenters. The van der Waals surface area contributed by atoms with Crippen molar-refractivity contribution >= 4 is 29.3 Å². The predicted octanol–water partition coefficient (Wildman–Crippen LogP) is 4.90. The molecule has 0 spiro atoms. The van der Waals surface area contributed by atoms with Gasteiger partial charge < -0.3 is 10.1 Å². The summed E-state index contributed by atoms with van der Waals surface area (Å²) in [7, 11) is 0. The number of nitrogens with one attached hydrogen (secondary N) is 1. The molecule has 2 rings (SSSR count). The second kappa shape index (κ2) is 9.59. The van der Waals surface area contributed by atoms with Crippen LogP contribution in [0.2, 0.25) is 0 Å². The first-order chi connectivity index (χ1) is 13.2. The minimum Gasteiger partial charge on any atom is -0.453 e. The van der Waals surface area contributed by atoms with Crippen LogP contribution in [-0.4, -0.2) is 23.7 Å². The van der Waals surface area contributed by atoms with Crippen LogP contribution < -0.4 is 5.32 Å². The molecule has 0 saturated carbocycles. The van der Waals surface area contributed by atoms with Crippen LogP contribution in [0.1, 0.15) is 18.9 Å². The molecule has 1 N–H and O–H groups in total. The van der Waals surface area contributed by atoms with Gasteiger partial charge in [0, 0.05) is 10.6 Å². The van der Waals surface area contributed by atoms with Gasteiger partial charge in [0.1, 0.15) is 5.82 Å². The maximum atomic E-state index is 13.0. The first-order valence-corrected chi connectivity index (χ1v) is 9.20. The van der Waals surface area contributed by atoms with Gasteiger partial charge in [-0.3, -0.25) is 9.59 Å². The molecular weight excluding hydrogens is 398 g/mol. The SMILES string of the molecule is C[C@H](OC(=O)CCSc1ccc(F)cc1)C(=O)Nc1ccccc1C(F)(F)F. The Morgan fingerprint density at radius 2 is 1.75 bits per heavy atom. The van der Waals surface area contributed by atoms with E-state index in [0.717, 1.165) is 17.0 Å². The van der Waals surface area contributed by atoms with Crippen LogP contribution >= 0.6 is 11.8 Å². The van der Waals surface area contributed by atoms with Crippen molar-refractivity contribution in [1.82, 2.24) is 0 Å². The minimum atomic E-state index is -4.62. The minimum absolute atomic E-state index is 0.0151. The van der Waals surface area contributed by atoms with E-state index in [2.05, 4.69) is 5.32 Å². The third-order valence-corrected chi connectivity index (χ3v) is 4.57. The Morgan fingerprint density at radius 3 is 2.39 bits per heavy atom. The normalized spacial score (nSPS) is 12.3. The molecule has 2 aromatic carbocycles. The van der Waals surface area contributed by atoms with E-state index in [4.69, 9.17) is 4.74 Å². The third kappa shape index (κ3) is 6.56. The Balaban J connectivity index is 1.83. The van der Waals surface area contributed by atoms with Crippen LogP contribution in [-0.2, 0) is 20.5 Å². The summed E-state index contributed by atoms with van der Waals surface area (Å²) in [5.74, 6) is -1.55. The molecule has 0 aliphatic rings. The monoisotopic (exact) mass is 415 g/mol. The molecule has 9 heteroatoms. The number of amides is 1. The molecule has 0 heterocycles. The highest BCUT2D eigenvalue weighted by molar-refractivity contribution is 7.99. The lowest BCUT2D eigenvalue weighted by Crippen LogP contribution is -2.30. The maximum Gasteiger partial charge on any atom is 0.418 e. The fourth-order valence-corrected chi connectivity index (χ4v) is 3.00. The van der Waals surface area contributed by atoms with Gasteiger partial charge in [-0.05, 0) is 43.3 Å². The molecule has 0 aromatic heterocycles. The first kappa shape index (κ1) is 21.7. The van der Waals surface area contributed by atoms with Gasteiger partial charge in [0.15, 0.2) is 6.10 Å². The number of anilines is 1. The zero-order valence-corrected chi connectivity index (χ0v) is 15.6. The topological polar surface area (TPSA) is 55.4 Å². The molecule has 0 saturated heterocycles. The first-order valence-electron chi connectivity index (χ1n) is 8.22. The summed E-state index contributed by atoms with van der Waals surface area (Å²) >= 11 is 1.31. The summed E-state index contributed by atoms with van der Waals surface area (Å²) in [6.07, 6.45) is -5.90. The average Bonchev–Trinajstić information content (AvgIpc) is 2.63. The molecule has 1 amide bonds. The highest BCUT2D eigenvalue weighted by Gasteiger charge is 2.34. The molecule has 0 bridgehead atoms. The van der Waals surface area contributed by atoms with Crippen LogP contribution in [0.5, 0.6) is 0 Å². The number of thioether (sulfide) groups is 1. The number of ether oxygens (including phenoxy) is 1. The lowest BCUT2D eigenvalue weighted by Gasteiger charge is -2.16. The van der Waals surface area contributed by atoms with Crippen molar-refractivity contribution < 1.29 is 31.9 Å². The van der Waals surface area contributed by atoms with Gasteiger partial charge in [0.25, 0.3) is 5.91 Å². The van der Waals surface area contributed by atoms with Crippen molar-refractivity contribution in [2.24, 2.45) is 0 Å². The molecule has 150 valence electrons. The second-order valence-electron chi connectivity index (χ2n) is 5.72. The fourth-order valence-electron chi connectivity index (χ4n) is 2.17. The number of carbonyl (C=O) groups excluding carboxylic acids is 2. The van der Waals surface area contributed by atoms with E-state index in [1.807, 2.05) is 0 Å². The number of esters is 1. The van der Waals surface area contributed by atoms with Gasteiger partial charge in [0.2, 0.25) is 0 Å². The van der Waals surface area contributed by atoms with Crippen LogP contribution in [0.3, 0.4) is 0 Å². The van der Waals surface area contributed by atoms with E-state index >= 15 is 0 Å². The molecule has 0 radical (unpaired) electrons. The molecule has 0 aliphatic carbocycles. The number of hydrogen-bond donors (Lipinski definition) is 1. The van der Waals surface area contributed by atoms with Crippen molar-refractivity contribution in [3.63, 3.8) is 0 Å². The molecule has 0 fully saturated rings. The second-order valence-corrected chi connectivity index (χ2v) is 6.89. The number of alkyl halides is 3. The van der Waals surface area contributed by atoms with Crippen molar-refractivity contribution in [3.05, 3.63) is 59.9 Å². The lowest BCUT2D eigenvalue weighted by molar-refractivity contribution is -0.152. The summed E-state index contributed by atoms with van der Waals surface area (Å²) in [4.78, 5) is 24.7. The van der Waals surface area contributed by atoms with Crippen LogP contribution in [0.25, 0.3) is 0 Å². The lowest BCUT2D eigenvalue weighted by atomic mass is 10.1. The summed E-state index contributed by atoms with van der Waals surface area (Å²) in [5.41, 5.74) is -1.40. The van der Waals surface area contributed by atoms with Crippen molar-refractivity contribution in [3.8, 4) is 0 Å². The molecular formula is C19H17F4NO3S. The number of benzene rings is 2. The number of para-hydroxylation sites is 1. The van der Waals surface area contributed by atoms with Gasteiger partial charge in [-0.25, -0.2) is 4.39 Å². The Morgan fingerprint density at radius 1 is 1.11 bits per heavy atom. The molecule has 28 heavy (non-hydrogen) atoms. The quantitative estimate of drug-likeness (QED) is 0.397. The van der Waals surface area contributed by atoms with E-state index in [0.29, 0.717) is 5.75 Å². The average molecular weight is 415 g/mol. The Kier molecular flexibility index (Phi) is 7.45. The predicted molar refractivity (Wildman–Crippen MR) is 97.4 cm³/mol.